The first kappa shape index (κ1) is 27.5. The Labute approximate surface area is 219 Å². The fourth-order valence-corrected chi connectivity index (χ4v) is 11.4. The number of allylic oxidation sites excluding steroid dienone is 5. The molecule has 198 valence electrons. The Bertz CT molecular complexity index is 948. The highest BCUT2D eigenvalue weighted by Crippen LogP contribution is 2.68. The quantitative estimate of drug-likeness (QED) is 0.320. The Hall–Kier alpha value is -0.569. The molecule has 0 saturated heterocycles. The maximum atomic E-state index is 7.00. The highest BCUT2D eigenvalue weighted by atomic mass is 28.4. The van der Waals surface area contributed by atoms with Crippen molar-refractivity contribution in [3.63, 3.8) is 0 Å². The summed E-state index contributed by atoms with van der Waals surface area (Å²) in [6.45, 7) is 28.3. The number of hydrogen-bond acceptors (Lipinski definition) is 3. The van der Waals surface area contributed by atoms with Crippen LogP contribution in [0.5, 0.6) is 0 Å². The number of fused-ring (bicyclic) bond motifs is 5. The zero-order valence-electron chi connectivity index (χ0n) is 24.7. The van der Waals surface area contributed by atoms with Gasteiger partial charge in [-0.2, -0.15) is 0 Å². The number of rotatable bonds is 6. The molecule has 0 N–H and O–H groups in total. The SMILES string of the molecule is CC12C=CC(O[Si](C)(C)C)=CC1=C(O[Si](C)(C)C)CC1C2CCC2(C)C1CCC2(C)O[Si](C)(C)C. The third-order valence-corrected chi connectivity index (χ3v) is 12.1. The third-order valence-electron chi connectivity index (χ3n) is 9.30. The second-order valence-electron chi connectivity index (χ2n) is 15.4. The van der Waals surface area contributed by atoms with Crippen molar-refractivity contribution >= 4 is 25.0 Å². The molecule has 0 heterocycles. The summed E-state index contributed by atoms with van der Waals surface area (Å²) in [5.74, 6) is 4.29. The van der Waals surface area contributed by atoms with Crippen molar-refractivity contribution < 1.29 is 13.3 Å². The molecule has 0 amide bonds. The van der Waals surface area contributed by atoms with Gasteiger partial charge < -0.3 is 13.3 Å². The normalized spacial score (nSPS) is 39.5. The minimum atomic E-state index is -1.75. The Kier molecular flexibility index (Phi) is 6.65. The third kappa shape index (κ3) is 5.11. The van der Waals surface area contributed by atoms with Crippen LogP contribution in [-0.2, 0) is 13.3 Å². The molecule has 2 fully saturated rings. The standard InChI is InChI=1S/C29H52O3Si3/c1-27-16-13-21(30-33(4,5)6)19-25(27)26(31-34(7,8)9)20-22-23(27)14-17-28(2)24(22)15-18-29(28,3)32-35(10,11)12/h13,16,19,22-24H,14-15,17-18,20H2,1-12H3. The molecule has 0 radical (unpaired) electrons. The van der Waals surface area contributed by atoms with E-state index in [1.54, 1.807) is 0 Å². The van der Waals surface area contributed by atoms with Crippen molar-refractivity contribution in [2.75, 3.05) is 0 Å². The molecule has 6 atom stereocenters. The summed E-state index contributed by atoms with van der Waals surface area (Å²) in [7, 11) is -5.07. The van der Waals surface area contributed by atoms with Crippen LogP contribution in [0.1, 0.15) is 52.9 Å². The van der Waals surface area contributed by atoms with E-state index in [0.717, 1.165) is 12.2 Å². The van der Waals surface area contributed by atoms with E-state index in [4.69, 9.17) is 13.3 Å². The van der Waals surface area contributed by atoms with Crippen LogP contribution >= 0.6 is 0 Å². The van der Waals surface area contributed by atoms with E-state index >= 15 is 0 Å². The van der Waals surface area contributed by atoms with Crippen LogP contribution in [0.2, 0.25) is 58.9 Å². The predicted molar refractivity (Wildman–Crippen MR) is 156 cm³/mol. The molecule has 0 aromatic heterocycles. The lowest BCUT2D eigenvalue weighted by molar-refractivity contribution is -0.0995. The van der Waals surface area contributed by atoms with Gasteiger partial charge in [0.1, 0.15) is 5.76 Å². The van der Waals surface area contributed by atoms with E-state index in [1.165, 1.54) is 37.0 Å². The van der Waals surface area contributed by atoms with Crippen molar-refractivity contribution in [3.8, 4) is 0 Å². The molecule has 2 saturated carbocycles. The fraction of sp³-hybridized carbons (Fsp3) is 0.793. The molecule has 0 aliphatic heterocycles. The zero-order chi connectivity index (χ0) is 26.2. The van der Waals surface area contributed by atoms with Crippen LogP contribution in [0.25, 0.3) is 0 Å². The Morgan fingerprint density at radius 3 is 1.94 bits per heavy atom. The molecular formula is C29H52O3Si3. The maximum absolute atomic E-state index is 7.00. The van der Waals surface area contributed by atoms with Crippen LogP contribution in [0.15, 0.2) is 35.3 Å². The van der Waals surface area contributed by atoms with E-state index in [1.807, 2.05) is 0 Å². The first-order chi connectivity index (χ1) is 15.8. The first-order valence-electron chi connectivity index (χ1n) is 14.0. The molecule has 0 aromatic carbocycles. The summed E-state index contributed by atoms with van der Waals surface area (Å²) in [6, 6.07) is 0. The molecular weight excluding hydrogens is 481 g/mol. The summed E-state index contributed by atoms with van der Waals surface area (Å²) in [5.41, 5.74) is 1.66. The Balaban J connectivity index is 1.76. The highest BCUT2D eigenvalue weighted by molar-refractivity contribution is 6.70. The van der Waals surface area contributed by atoms with Crippen LogP contribution < -0.4 is 0 Å². The predicted octanol–water partition coefficient (Wildman–Crippen LogP) is 8.86. The van der Waals surface area contributed by atoms with Gasteiger partial charge in [0.05, 0.1) is 11.4 Å². The molecule has 4 aliphatic carbocycles. The van der Waals surface area contributed by atoms with Gasteiger partial charge in [-0.3, -0.25) is 0 Å². The second kappa shape index (κ2) is 8.47. The highest BCUT2D eigenvalue weighted by Gasteiger charge is 2.64. The van der Waals surface area contributed by atoms with Gasteiger partial charge in [-0.15, -0.1) is 0 Å². The van der Waals surface area contributed by atoms with E-state index < -0.39 is 25.0 Å². The van der Waals surface area contributed by atoms with Gasteiger partial charge in [0.15, 0.2) is 8.32 Å². The van der Waals surface area contributed by atoms with Gasteiger partial charge in [-0.05, 0) is 127 Å². The monoisotopic (exact) mass is 532 g/mol. The molecule has 0 spiro atoms. The van der Waals surface area contributed by atoms with Crippen molar-refractivity contribution in [2.24, 2.45) is 28.6 Å². The summed E-state index contributed by atoms with van der Waals surface area (Å²) < 4.78 is 20.4. The Morgan fingerprint density at radius 1 is 0.771 bits per heavy atom. The van der Waals surface area contributed by atoms with Gasteiger partial charge >= 0.3 is 0 Å². The smallest absolute Gasteiger partial charge is 0.242 e. The van der Waals surface area contributed by atoms with Gasteiger partial charge in [-0.25, -0.2) is 0 Å². The molecule has 0 aromatic rings. The first-order valence-corrected chi connectivity index (χ1v) is 24.2. The average molecular weight is 533 g/mol. The van der Waals surface area contributed by atoms with E-state index in [9.17, 15) is 0 Å². The topological polar surface area (TPSA) is 27.7 Å². The molecule has 0 bridgehead atoms. The molecule has 3 nitrogen and oxygen atoms in total. The van der Waals surface area contributed by atoms with Crippen LogP contribution in [0.3, 0.4) is 0 Å². The largest absolute Gasteiger partial charge is 0.547 e. The summed E-state index contributed by atoms with van der Waals surface area (Å²) in [5, 5.41) is 0. The van der Waals surface area contributed by atoms with E-state index in [2.05, 4.69) is 97.9 Å². The zero-order valence-corrected chi connectivity index (χ0v) is 27.7. The van der Waals surface area contributed by atoms with Crippen LogP contribution in [-0.4, -0.2) is 30.6 Å². The van der Waals surface area contributed by atoms with Crippen molar-refractivity contribution in [1.82, 2.24) is 0 Å². The lowest BCUT2D eigenvalue weighted by Gasteiger charge is -2.59. The number of hydrogen-bond donors (Lipinski definition) is 0. The van der Waals surface area contributed by atoms with Gasteiger partial charge in [0, 0.05) is 17.4 Å². The van der Waals surface area contributed by atoms with Gasteiger partial charge in [-0.1, -0.05) is 19.9 Å². The molecule has 4 aliphatic rings. The van der Waals surface area contributed by atoms with Crippen LogP contribution in [0, 0.1) is 28.6 Å². The summed E-state index contributed by atoms with van der Waals surface area (Å²) in [6.07, 6.45) is 13.2. The lowest BCUT2D eigenvalue weighted by atomic mass is 9.48. The summed E-state index contributed by atoms with van der Waals surface area (Å²) >= 11 is 0. The minimum absolute atomic E-state index is 0.00153. The molecule has 6 heteroatoms. The Morgan fingerprint density at radius 2 is 1.37 bits per heavy atom. The molecule has 6 unspecified atom stereocenters. The van der Waals surface area contributed by atoms with Gasteiger partial charge in [0.25, 0.3) is 0 Å². The van der Waals surface area contributed by atoms with Gasteiger partial charge in [0.2, 0.25) is 16.6 Å². The molecule has 4 rings (SSSR count). The van der Waals surface area contributed by atoms with Crippen molar-refractivity contribution in [3.05, 3.63) is 35.3 Å². The van der Waals surface area contributed by atoms with Crippen molar-refractivity contribution in [1.29, 1.82) is 0 Å². The lowest BCUT2D eigenvalue weighted by Crippen LogP contribution is -2.56. The summed E-state index contributed by atoms with van der Waals surface area (Å²) in [4.78, 5) is 0. The average Bonchev–Trinajstić information content (AvgIpc) is 2.90. The maximum Gasteiger partial charge on any atom is 0.242 e. The minimum Gasteiger partial charge on any atom is -0.547 e. The van der Waals surface area contributed by atoms with Crippen LogP contribution in [0.4, 0.5) is 0 Å². The van der Waals surface area contributed by atoms with E-state index in [-0.39, 0.29) is 16.4 Å². The van der Waals surface area contributed by atoms with Crippen molar-refractivity contribution in [2.45, 2.75) is 117 Å². The fourth-order valence-electron chi connectivity index (χ4n) is 7.99. The van der Waals surface area contributed by atoms with E-state index in [0.29, 0.717) is 17.8 Å². The second-order valence-corrected chi connectivity index (χ2v) is 28.7. The molecule has 35 heavy (non-hydrogen) atoms.